The summed E-state index contributed by atoms with van der Waals surface area (Å²) in [6.45, 7) is 4.68. The SMILES string of the molecule is CC(C)[C@]12CCCCc3ccc4c(c3)[C@@H](NC(=O)c3ccc5c(c3)[C@@H](CCO5)N(C(=N)N1)C(=O)C2)[C@H](O)C4. The molecule has 4 N–H and O–H groups in total. The number of amides is 2. The number of aliphatic hydroxyl groups is 1. The van der Waals surface area contributed by atoms with E-state index in [4.69, 9.17) is 10.1 Å². The Labute approximate surface area is 223 Å². The maximum Gasteiger partial charge on any atom is 0.251 e. The Kier molecular flexibility index (Phi) is 6.17. The number of aliphatic hydroxyl groups excluding tert-OH is 1. The summed E-state index contributed by atoms with van der Waals surface area (Å²) in [6, 6.07) is 10.7. The van der Waals surface area contributed by atoms with Crippen molar-refractivity contribution < 1.29 is 19.4 Å². The van der Waals surface area contributed by atoms with E-state index < -0.39 is 17.7 Å². The molecule has 5 aliphatic rings. The Morgan fingerprint density at radius 1 is 1.13 bits per heavy atom. The van der Waals surface area contributed by atoms with E-state index >= 15 is 0 Å². The quantitative estimate of drug-likeness (QED) is 0.461. The number of ether oxygens (including phenoxy) is 1. The fourth-order valence-electron chi connectivity index (χ4n) is 6.72. The zero-order chi connectivity index (χ0) is 26.6. The number of fused-ring (bicyclic) bond motifs is 6. The molecule has 1 aliphatic carbocycles. The molecule has 0 radical (unpaired) electrons. The molecule has 6 bridgehead atoms. The van der Waals surface area contributed by atoms with Crippen molar-refractivity contribution in [3.63, 3.8) is 0 Å². The van der Waals surface area contributed by atoms with Gasteiger partial charge in [-0.15, -0.1) is 0 Å². The summed E-state index contributed by atoms with van der Waals surface area (Å²) in [4.78, 5) is 28.7. The third kappa shape index (κ3) is 4.15. The fourth-order valence-corrected chi connectivity index (χ4v) is 6.72. The van der Waals surface area contributed by atoms with Gasteiger partial charge in [0.2, 0.25) is 5.91 Å². The molecule has 1 fully saturated rings. The number of carbonyl (C=O) groups excluding carboxylic acids is 2. The Hall–Kier alpha value is -3.39. The third-order valence-corrected chi connectivity index (χ3v) is 9.02. The average molecular weight is 517 g/mol. The Morgan fingerprint density at radius 3 is 2.76 bits per heavy atom. The number of nitrogens with zero attached hydrogens (tertiary/aromatic N) is 1. The molecule has 1 saturated heterocycles. The van der Waals surface area contributed by atoms with Gasteiger partial charge in [0.1, 0.15) is 5.75 Å². The van der Waals surface area contributed by atoms with Crippen LogP contribution in [0.4, 0.5) is 0 Å². The summed E-state index contributed by atoms with van der Waals surface area (Å²) in [6.07, 6.45) is 4.27. The minimum absolute atomic E-state index is 0.0643. The van der Waals surface area contributed by atoms with E-state index in [-0.39, 0.29) is 29.7 Å². The van der Waals surface area contributed by atoms with Crippen LogP contribution in [0.15, 0.2) is 36.4 Å². The van der Waals surface area contributed by atoms with Crippen LogP contribution in [0.2, 0.25) is 0 Å². The van der Waals surface area contributed by atoms with E-state index in [1.807, 2.05) is 0 Å². The zero-order valence-corrected chi connectivity index (χ0v) is 22.0. The molecular formula is C30H36N4O4. The lowest BCUT2D eigenvalue weighted by atomic mass is 9.77. The predicted octanol–water partition coefficient (Wildman–Crippen LogP) is 3.78. The van der Waals surface area contributed by atoms with Gasteiger partial charge in [-0.25, -0.2) is 0 Å². The highest BCUT2D eigenvalue weighted by Gasteiger charge is 2.46. The molecule has 4 atom stereocenters. The lowest BCUT2D eigenvalue weighted by Crippen LogP contribution is -2.65. The highest BCUT2D eigenvalue weighted by atomic mass is 16.5. The second kappa shape index (κ2) is 9.42. The number of hydrogen-bond donors (Lipinski definition) is 4. The summed E-state index contributed by atoms with van der Waals surface area (Å²) < 4.78 is 5.88. The molecule has 2 amide bonds. The Bertz CT molecular complexity index is 1290. The first-order valence-corrected chi connectivity index (χ1v) is 13.8. The van der Waals surface area contributed by atoms with E-state index in [9.17, 15) is 14.7 Å². The molecule has 4 heterocycles. The number of benzene rings is 2. The highest BCUT2D eigenvalue weighted by Crippen LogP contribution is 2.41. The van der Waals surface area contributed by atoms with Gasteiger partial charge < -0.3 is 20.5 Å². The Balaban J connectivity index is 1.42. The van der Waals surface area contributed by atoms with Crippen molar-refractivity contribution in [2.75, 3.05) is 6.61 Å². The molecule has 7 rings (SSSR count). The van der Waals surface area contributed by atoms with Crippen LogP contribution in [0.5, 0.6) is 5.75 Å². The van der Waals surface area contributed by atoms with Crippen LogP contribution in [0, 0.1) is 11.3 Å². The minimum atomic E-state index is -0.680. The van der Waals surface area contributed by atoms with Crippen LogP contribution in [0.25, 0.3) is 0 Å². The highest BCUT2D eigenvalue weighted by molar-refractivity contribution is 6.00. The van der Waals surface area contributed by atoms with E-state index in [1.165, 1.54) is 5.56 Å². The average Bonchev–Trinajstić information content (AvgIpc) is 3.19. The molecule has 4 aliphatic heterocycles. The molecule has 0 spiro atoms. The monoisotopic (exact) mass is 516 g/mol. The van der Waals surface area contributed by atoms with Crippen LogP contribution in [0.1, 0.15) is 90.6 Å². The maximum absolute atomic E-state index is 13.7. The lowest BCUT2D eigenvalue weighted by molar-refractivity contribution is -0.134. The number of hydrogen-bond acceptors (Lipinski definition) is 5. The molecule has 8 nitrogen and oxygen atoms in total. The number of rotatable bonds is 1. The normalized spacial score (nSPS) is 28.9. The van der Waals surface area contributed by atoms with Gasteiger partial charge >= 0.3 is 0 Å². The lowest BCUT2D eigenvalue weighted by Gasteiger charge is -2.48. The topological polar surface area (TPSA) is 115 Å². The van der Waals surface area contributed by atoms with Crippen molar-refractivity contribution >= 4 is 17.8 Å². The van der Waals surface area contributed by atoms with Crippen molar-refractivity contribution in [3.05, 3.63) is 64.2 Å². The van der Waals surface area contributed by atoms with E-state index in [1.54, 1.807) is 23.1 Å². The zero-order valence-electron chi connectivity index (χ0n) is 22.0. The number of guanidine groups is 1. The predicted molar refractivity (Wildman–Crippen MR) is 143 cm³/mol. The van der Waals surface area contributed by atoms with Gasteiger partial charge in [0, 0.05) is 24.0 Å². The largest absolute Gasteiger partial charge is 0.493 e. The molecule has 8 heteroatoms. The van der Waals surface area contributed by atoms with Crippen LogP contribution >= 0.6 is 0 Å². The number of aryl methyl sites for hydroxylation is 1. The van der Waals surface area contributed by atoms with E-state index in [0.29, 0.717) is 37.2 Å². The molecule has 0 aromatic heterocycles. The summed E-state index contributed by atoms with van der Waals surface area (Å²) in [7, 11) is 0. The molecule has 0 unspecified atom stereocenters. The first kappa shape index (κ1) is 24.9. The third-order valence-electron chi connectivity index (χ3n) is 9.02. The van der Waals surface area contributed by atoms with Crippen molar-refractivity contribution in [3.8, 4) is 5.75 Å². The molecule has 2 aromatic rings. The van der Waals surface area contributed by atoms with E-state index in [2.05, 4.69) is 42.7 Å². The Morgan fingerprint density at radius 2 is 1.97 bits per heavy atom. The van der Waals surface area contributed by atoms with Crippen LogP contribution < -0.4 is 15.4 Å². The summed E-state index contributed by atoms with van der Waals surface area (Å²) >= 11 is 0. The maximum atomic E-state index is 13.7. The summed E-state index contributed by atoms with van der Waals surface area (Å²) in [5.41, 5.74) is 3.96. The van der Waals surface area contributed by atoms with Gasteiger partial charge in [-0.2, -0.15) is 0 Å². The molecule has 2 aromatic carbocycles. The molecule has 0 saturated carbocycles. The summed E-state index contributed by atoms with van der Waals surface area (Å²) in [5, 5.41) is 26.3. The van der Waals surface area contributed by atoms with Crippen molar-refractivity contribution in [2.45, 2.75) is 82.5 Å². The standard InChI is InChI=1S/C30H36N4O4/c1-17(2)30-11-4-3-5-18-6-7-19-15-24(35)27(21(19)13-18)32-28(37)20-8-9-25-22(14-20)23(10-12-38-25)34(26(36)16-30)29(31)33-30/h6-9,13-14,17,23-24,27,35H,3-5,10-12,15-16H2,1-2H3,(H2,31,33)(H,32,37)/t23-,24-,27-,30-/m1/s1. The number of nitrogens with one attached hydrogen (secondary N) is 3. The van der Waals surface area contributed by atoms with Crippen molar-refractivity contribution in [1.82, 2.24) is 15.5 Å². The smallest absolute Gasteiger partial charge is 0.251 e. The molecular weight excluding hydrogens is 480 g/mol. The molecule has 200 valence electrons. The minimum Gasteiger partial charge on any atom is -0.493 e. The van der Waals surface area contributed by atoms with Crippen LogP contribution in [0.3, 0.4) is 0 Å². The first-order chi connectivity index (χ1) is 18.3. The van der Waals surface area contributed by atoms with Gasteiger partial charge in [-0.05, 0) is 60.1 Å². The van der Waals surface area contributed by atoms with Crippen molar-refractivity contribution in [2.24, 2.45) is 5.92 Å². The van der Waals surface area contributed by atoms with Crippen LogP contribution in [-0.4, -0.2) is 46.0 Å². The van der Waals surface area contributed by atoms with Gasteiger partial charge in [-0.1, -0.05) is 38.5 Å². The van der Waals surface area contributed by atoms with Crippen LogP contribution in [-0.2, 0) is 17.6 Å². The number of carbonyl (C=O) groups is 2. The summed E-state index contributed by atoms with van der Waals surface area (Å²) in [5.74, 6) is 0.588. The first-order valence-electron chi connectivity index (χ1n) is 13.8. The second-order valence-corrected chi connectivity index (χ2v) is 11.6. The molecule has 38 heavy (non-hydrogen) atoms. The van der Waals surface area contributed by atoms with Gasteiger partial charge in [0.05, 0.1) is 36.8 Å². The van der Waals surface area contributed by atoms with Gasteiger partial charge in [0.25, 0.3) is 5.91 Å². The second-order valence-electron chi connectivity index (χ2n) is 11.6. The van der Waals surface area contributed by atoms with Gasteiger partial charge in [0.15, 0.2) is 5.96 Å². The van der Waals surface area contributed by atoms with Crippen molar-refractivity contribution in [1.29, 1.82) is 5.41 Å². The van der Waals surface area contributed by atoms with Gasteiger partial charge in [-0.3, -0.25) is 19.9 Å². The fraction of sp³-hybridized carbons (Fsp3) is 0.500. The van der Waals surface area contributed by atoms with E-state index in [0.717, 1.165) is 42.4 Å².